The lowest BCUT2D eigenvalue weighted by molar-refractivity contribution is -0.129. The van der Waals surface area contributed by atoms with Crippen LogP contribution in [0.5, 0.6) is 0 Å². The maximum atomic E-state index is 11.5. The van der Waals surface area contributed by atoms with Gasteiger partial charge in [-0.2, -0.15) is 0 Å². The van der Waals surface area contributed by atoms with Gasteiger partial charge >= 0.3 is 0 Å². The molecule has 0 saturated heterocycles. The molecule has 2 N–H and O–H groups in total. The monoisotopic (exact) mass is 202 g/mol. The molecule has 0 spiro atoms. The van der Waals surface area contributed by atoms with Crippen molar-refractivity contribution in [3.05, 3.63) is 0 Å². The molecule has 4 nitrogen and oxygen atoms in total. The molecule has 0 aliphatic rings. The Morgan fingerprint density at radius 1 is 1.36 bits per heavy atom. The first-order chi connectivity index (χ1) is 6.40. The zero-order chi connectivity index (χ0) is 11.2. The van der Waals surface area contributed by atoms with Gasteiger partial charge in [-0.05, 0) is 27.7 Å². The molecule has 0 aliphatic heterocycles. The third-order valence-corrected chi connectivity index (χ3v) is 1.95. The molecule has 0 aromatic rings. The van der Waals surface area contributed by atoms with E-state index in [9.17, 15) is 9.90 Å². The summed E-state index contributed by atoms with van der Waals surface area (Å²) in [7, 11) is 0. The fourth-order valence-corrected chi connectivity index (χ4v) is 1.16. The summed E-state index contributed by atoms with van der Waals surface area (Å²) in [6.07, 6.45) is 0. The highest BCUT2D eigenvalue weighted by atomic mass is 16.3. The minimum Gasteiger partial charge on any atom is -0.389 e. The van der Waals surface area contributed by atoms with Gasteiger partial charge < -0.3 is 15.3 Å². The Kier molecular flexibility index (Phi) is 5.72. The van der Waals surface area contributed by atoms with Crippen molar-refractivity contribution in [2.75, 3.05) is 26.2 Å². The van der Waals surface area contributed by atoms with Gasteiger partial charge in [0.25, 0.3) is 0 Å². The number of amides is 1. The molecule has 14 heavy (non-hydrogen) atoms. The molecule has 0 radical (unpaired) electrons. The number of hydrogen-bond acceptors (Lipinski definition) is 3. The second kappa shape index (κ2) is 5.98. The first-order valence-electron chi connectivity index (χ1n) is 5.11. The fraction of sp³-hybridized carbons (Fsp3) is 0.900. The Bertz CT molecular complexity index is 171. The Hall–Kier alpha value is -0.610. The largest absolute Gasteiger partial charge is 0.389 e. The summed E-state index contributed by atoms with van der Waals surface area (Å²) in [6.45, 7) is 9.53. The van der Waals surface area contributed by atoms with Crippen molar-refractivity contribution in [2.24, 2.45) is 0 Å². The zero-order valence-corrected chi connectivity index (χ0v) is 9.63. The maximum absolute atomic E-state index is 11.5. The molecule has 0 unspecified atom stereocenters. The summed E-state index contributed by atoms with van der Waals surface area (Å²) in [5.41, 5.74) is -0.760. The second-order valence-electron chi connectivity index (χ2n) is 3.98. The van der Waals surface area contributed by atoms with E-state index in [0.29, 0.717) is 13.1 Å². The molecule has 0 fully saturated rings. The van der Waals surface area contributed by atoms with Crippen LogP contribution in [0.25, 0.3) is 0 Å². The van der Waals surface area contributed by atoms with Crippen molar-refractivity contribution in [1.29, 1.82) is 0 Å². The molecule has 0 saturated carbocycles. The van der Waals surface area contributed by atoms with E-state index in [4.69, 9.17) is 0 Å². The topological polar surface area (TPSA) is 52.6 Å². The third kappa shape index (κ3) is 5.94. The molecule has 4 heteroatoms. The van der Waals surface area contributed by atoms with E-state index in [1.165, 1.54) is 0 Å². The van der Waals surface area contributed by atoms with E-state index in [-0.39, 0.29) is 5.91 Å². The van der Waals surface area contributed by atoms with E-state index < -0.39 is 5.60 Å². The molecule has 0 aromatic carbocycles. The van der Waals surface area contributed by atoms with Crippen molar-refractivity contribution in [1.82, 2.24) is 10.2 Å². The molecule has 0 aliphatic carbocycles. The molecule has 0 aromatic heterocycles. The van der Waals surface area contributed by atoms with Crippen LogP contribution < -0.4 is 5.32 Å². The molecule has 84 valence electrons. The van der Waals surface area contributed by atoms with Crippen molar-refractivity contribution in [3.8, 4) is 0 Å². The number of likely N-dealkylation sites (N-methyl/N-ethyl adjacent to an activating group) is 1. The first kappa shape index (κ1) is 13.4. The Labute approximate surface area is 86.3 Å². The van der Waals surface area contributed by atoms with Crippen LogP contribution in [0, 0.1) is 0 Å². The van der Waals surface area contributed by atoms with Crippen molar-refractivity contribution in [3.63, 3.8) is 0 Å². The predicted octanol–water partition coefficient (Wildman–Crippen LogP) is 0.215. The van der Waals surface area contributed by atoms with Crippen LogP contribution in [0.4, 0.5) is 0 Å². The van der Waals surface area contributed by atoms with E-state index >= 15 is 0 Å². The van der Waals surface area contributed by atoms with Gasteiger partial charge in [0.15, 0.2) is 0 Å². The number of carbonyl (C=O) groups excluding carboxylic acids is 1. The van der Waals surface area contributed by atoms with Gasteiger partial charge in [0.2, 0.25) is 5.91 Å². The van der Waals surface area contributed by atoms with Crippen LogP contribution in [0.15, 0.2) is 0 Å². The number of hydrogen-bond donors (Lipinski definition) is 2. The van der Waals surface area contributed by atoms with Gasteiger partial charge in [0, 0.05) is 19.6 Å². The SMILES string of the molecule is CCN(CC)C(=O)CNCC(C)(C)O. The minimum atomic E-state index is -0.760. The number of nitrogens with one attached hydrogen (secondary N) is 1. The van der Waals surface area contributed by atoms with Gasteiger partial charge in [-0.3, -0.25) is 4.79 Å². The molecule has 0 bridgehead atoms. The third-order valence-electron chi connectivity index (χ3n) is 1.95. The molecule has 0 rings (SSSR count). The van der Waals surface area contributed by atoms with E-state index in [1.54, 1.807) is 18.7 Å². The van der Waals surface area contributed by atoms with Crippen LogP contribution in [0.3, 0.4) is 0 Å². The number of nitrogens with zero attached hydrogens (tertiary/aromatic N) is 1. The number of carbonyl (C=O) groups is 1. The van der Waals surface area contributed by atoms with Crippen molar-refractivity contribution in [2.45, 2.75) is 33.3 Å². The number of aliphatic hydroxyl groups is 1. The molecular weight excluding hydrogens is 180 g/mol. The lowest BCUT2D eigenvalue weighted by Crippen LogP contribution is -2.42. The van der Waals surface area contributed by atoms with Crippen LogP contribution in [0.1, 0.15) is 27.7 Å². The minimum absolute atomic E-state index is 0.0826. The summed E-state index contributed by atoms with van der Waals surface area (Å²) in [6, 6.07) is 0. The van der Waals surface area contributed by atoms with Crippen molar-refractivity contribution >= 4 is 5.91 Å². The summed E-state index contributed by atoms with van der Waals surface area (Å²) in [4.78, 5) is 13.2. The zero-order valence-electron chi connectivity index (χ0n) is 9.63. The second-order valence-corrected chi connectivity index (χ2v) is 3.98. The smallest absolute Gasteiger partial charge is 0.236 e. The van der Waals surface area contributed by atoms with Gasteiger partial charge in [-0.15, -0.1) is 0 Å². The Morgan fingerprint density at radius 2 is 1.86 bits per heavy atom. The van der Waals surface area contributed by atoms with Crippen LogP contribution in [-0.4, -0.2) is 47.7 Å². The number of rotatable bonds is 6. The lowest BCUT2D eigenvalue weighted by atomic mass is 10.1. The van der Waals surface area contributed by atoms with E-state index in [0.717, 1.165) is 13.1 Å². The summed E-state index contributed by atoms with van der Waals surface area (Å²) in [5, 5.41) is 12.3. The predicted molar refractivity (Wildman–Crippen MR) is 57.1 cm³/mol. The summed E-state index contributed by atoms with van der Waals surface area (Å²) >= 11 is 0. The average molecular weight is 202 g/mol. The molecule has 1 amide bonds. The maximum Gasteiger partial charge on any atom is 0.236 e. The van der Waals surface area contributed by atoms with Gasteiger partial charge in [0.05, 0.1) is 12.1 Å². The summed E-state index contributed by atoms with van der Waals surface area (Å²) < 4.78 is 0. The average Bonchev–Trinajstić information content (AvgIpc) is 2.04. The van der Waals surface area contributed by atoms with Gasteiger partial charge in [-0.25, -0.2) is 0 Å². The highest BCUT2D eigenvalue weighted by Gasteiger charge is 2.14. The Balaban J connectivity index is 3.74. The standard InChI is InChI=1S/C10H22N2O2/c1-5-12(6-2)9(13)7-11-8-10(3,4)14/h11,14H,5-8H2,1-4H3. The highest BCUT2D eigenvalue weighted by Crippen LogP contribution is 1.97. The highest BCUT2D eigenvalue weighted by molar-refractivity contribution is 5.78. The van der Waals surface area contributed by atoms with Gasteiger partial charge in [-0.1, -0.05) is 0 Å². The van der Waals surface area contributed by atoms with E-state index in [1.807, 2.05) is 13.8 Å². The van der Waals surface area contributed by atoms with Crippen LogP contribution in [0.2, 0.25) is 0 Å². The van der Waals surface area contributed by atoms with Crippen molar-refractivity contribution < 1.29 is 9.90 Å². The molecule has 0 atom stereocenters. The van der Waals surface area contributed by atoms with Gasteiger partial charge in [0.1, 0.15) is 0 Å². The summed E-state index contributed by atoms with van der Waals surface area (Å²) in [5.74, 6) is 0.0826. The van der Waals surface area contributed by atoms with Crippen LogP contribution in [-0.2, 0) is 4.79 Å². The first-order valence-corrected chi connectivity index (χ1v) is 5.11. The normalized spacial score (nSPS) is 11.5. The van der Waals surface area contributed by atoms with Crippen LogP contribution >= 0.6 is 0 Å². The quantitative estimate of drug-likeness (QED) is 0.647. The lowest BCUT2D eigenvalue weighted by Gasteiger charge is -2.21. The van der Waals surface area contributed by atoms with E-state index in [2.05, 4.69) is 5.32 Å². The Morgan fingerprint density at radius 3 is 2.21 bits per heavy atom. The fourth-order valence-electron chi connectivity index (χ4n) is 1.16. The molecule has 0 heterocycles. The molecular formula is C10H22N2O2.